The summed E-state index contributed by atoms with van der Waals surface area (Å²) in [6.07, 6.45) is 6.19. The number of carbonyl (C=O) groups is 1. The monoisotopic (exact) mass is 271 g/mol. The lowest BCUT2D eigenvalue weighted by molar-refractivity contribution is 0.0761. The minimum Gasteiger partial charge on any atom is -0.339 e. The van der Waals surface area contributed by atoms with Gasteiger partial charge >= 0.3 is 0 Å². The first kappa shape index (κ1) is 12.8. The smallest absolute Gasteiger partial charge is 0.253 e. The summed E-state index contributed by atoms with van der Waals surface area (Å²) in [5.74, 6) is 0.121. The topological polar surface area (TPSA) is 63.9 Å². The normalized spacial score (nSPS) is 15.9. The summed E-state index contributed by atoms with van der Waals surface area (Å²) in [7, 11) is 0. The van der Waals surface area contributed by atoms with Gasteiger partial charge in [0.2, 0.25) is 0 Å². The van der Waals surface area contributed by atoms with Gasteiger partial charge in [0.25, 0.3) is 5.91 Å². The van der Waals surface area contributed by atoms with Crippen molar-refractivity contribution in [2.24, 2.45) is 0 Å². The van der Waals surface area contributed by atoms with E-state index in [9.17, 15) is 4.79 Å². The van der Waals surface area contributed by atoms with Crippen LogP contribution in [0.3, 0.4) is 0 Å². The van der Waals surface area contributed by atoms with Crippen LogP contribution in [0.15, 0.2) is 30.6 Å². The number of rotatable bonds is 2. The average molecular weight is 271 g/mol. The molecule has 1 aliphatic rings. The SMILES string of the molecule is O=C(c1ccc(-n2cnnn2)cc1)N1CCCCCC1. The molecule has 2 aromatic rings. The molecule has 20 heavy (non-hydrogen) atoms. The van der Waals surface area contributed by atoms with Crippen molar-refractivity contribution in [3.05, 3.63) is 36.2 Å². The van der Waals surface area contributed by atoms with Crippen LogP contribution in [0.4, 0.5) is 0 Å². The molecule has 1 saturated heterocycles. The highest BCUT2D eigenvalue weighted by Crippen LogP contribution is 2.14. The quantitative estimate of drug-likeness (QED) is 0.833. The first-order valence-corrected chi connectivity index (χ1v) is 6.97. The van der Waals surface area contributed by atoms with Crippen molar-refractivity contribution in [2.45, 2.75) is 25.7 Å². The molecule has 1 aliphatic heterocycles. The number of benzene rings is 1. The number of likely N-dealkylation sites (tertiary alicyclic amines) is 1. The second-order valence-electron chi connectivity index (χ2n) is 5.01. The van der Waals surface area contributed by atoms with Gasteiger partial charge in [-0.15, -0.1) is 5.10 Å². The largest absolute Gasteiger partial charge is 0.339 e. The Bertz CT molecular complexity index is 556. The minimum atomic E-state index is 0.121. The predicted octanol–water partition coefficient (Wildman–Crippen LogP) is 1.68. The Morgan fingerprint density at radius 1 is 1.00 bits per heavy atom. The summed E-state index contributed by atoms with van der Waals surface area (Å²) in [5.41, 5.74) is 1.58. The molecule has 104 valence electrons. The van der Waals surface area contributed by atoms with E-state index in [0.29, 0.717) is 0 Å². The van der Waals surface area contributed by atoms with Gasteiger partial charge in [-0.3, -0.25) is 4.79 Å². The lowest BCUT2D eigenvalue weighted by atomic mass is 10.1. The van der Waals surface area contributed by atoms with Crippen LogP contribution in [0.5, 0.6) is 0 Å². The molecular formula is C14H17N5O. The highest BCUT2D eigenvalue weighted by Gasteiger charge is 2.17. The maximum absolute atomic E-state index is 12.4. The third-order valence-electron chi connectivity index (χ3n) is 3.62. The molecular weight excluding hydrogens is 254 g/mol. The van der Waals surface area contributed by atoms with Gasteiger partial charge in [-0.2, -0.15) is 0 Å². The number of hydrogen-bond acceptors (Lipinski definition) is 4. The molecule has 0 unspecified atom stereocenters. The zero-order chi connectivity index (χ0) is 13.8. The molecule has 0 radical (unpaired) electrons. The number of tetrazole rings is 1. The van der Waals surface area contributed by atoms with E-state index in [4.69, 9.17) is 0 Å². The third kappa shape index (κ3) is 2.68. The maximum atomic E-state index is 12.4. The van der Waals surface area contributed by atoms with Crippen molar-refractivity contribution >= 4 is 5.91 Å². The van der Waals surface area contributed by atoms with Crippen LogP contribution >= 0.6 is 0 Å². The van der Waals surface area contributed by atoms with Crippen LogP contribution in [0.1, 0.15) is 36.0 Å². The zero-order valence-electron chi connectivity index (χ0n) is 11.3. The number of nitrogens with zero attached hydrogens (tertiary/aromatic N) is 5. The van der Waals surface area contributed by atoms with Crippen LogP contribution in [0, 0.1) is 0 Å². The van der Waals surface area contributed by atoms with Crippen molar-refractivity contribution in [3.8, 4) is 5.69 Å². The molecule has 1 fully saturated rings. The first-order chi connectivity index (χ1) is 9.84. The molecule has 6 nitrogen and oxygen atoms in total. The van der Waals surface area contributed by atoms with Gasteiger partial charge in [0, 0.05) is 18.7 Å². The van der Waals surface area contributed by atoms with Crippen LogP contribution in [-0.2, 0) is 0 Å². The number of hydrogen-bond donors (Lipinski definition) is 0. The molecule has 6 heteroatoms. The Morgan fingerprint density at radius 3 is 2.30 bits per heavy atom. The molecule has 0 saturated carbocycles. The fourth-order valence-corrected chi connectivity index (χ4v) is 2.49. The van der Waals surface area contributed by atoms with Gasteiger partial charge in [-0.25, -0.2) is 4.68 Å². The highest BCUT2D eigenvalue weighted by atomic mass is 16.2. The van der Waals surface area contributed by atoms with E-state index in [1.165, 1.54) is 19.2 Å². The predicted molar refractivity (Wildman–Crippen MR) is 73.5 cm³/mol. The molecule has 1 amide bonds. The molecule has 2 heterocycles. The van der Waals surface area contributed by atoms with Crippen LogP contribution in [0.2, 0.25) is 0 Å². The summed E-state index contributed by atoms with van der Waals surface area (Å²) < 4.78 is 1.57. The maximum Gasteiger partial charge on any atom is 0.253 e. The Morgan fingerprint density at radius 2 is 1.70 bits per heavy atom. The van der Waals surface area contributed by atoms with Crippen LogP contribution in [-0.4, -0.2) is 44.1 Å². The van der Waals surface area contributed by atoms with Crippen molar-refractivity contribution in [1.82, 2.24) is 25.1 Å². The minimum absolute atomic E-state index is 0.121. The van der Waals surface area contributed by atoms with E-state index in [1.54, 1.807) is 4.68 Å². The van der Waals surface area contributed by atoms with Gasteiger partial charge in [0.15, 0.2) is 0 Å². The fraction of sp³-hybridized carbons (Fsp3) is 0.429. The van der Waals surface area contributed by atoms with Crippen molar-refractivity contribution in [1.29, 1.82) is 0 Å². The molecule has 0 bridgehead atoms. The van der Waals surface area contributed by atoms with Gasteiger partial charge in [0.05, 0.1) is 5.69 Å². The van der Waals surface area contributed by atoms with E-state index in [0.717, 1.165) is 37.2 Å². The fourth-order valence-electron chi connectivity index (χ4n) is 2.49. The van der Waals surface area contributed by atoms with Crippen molar-refractivity contribution in [2.75, 3.05) is 13.1 Å². The number of carbonyl (C=O) groups excluding carboxylic acids is 1. The van der Waals surface area contributed by atoms with E-state index in [2.05, 4.69) is 15.5 Å². The standard InChI is InChI=1S/C14H17N5O/c20-14(18-9-3-1-2-4-10-18)12-5-7-13(8-6-12)19-11-15-16-17-19/h5-8,11H,1-4,9-10H2. The average Bonchev–Trinajstić information content (AvgIpc) is 2.89. The first-order valence-electron chi connectivity index (χ1n) is 6.97. The summed E-state index contributed by atoms with van der Waals surface area (Å²) >= 11 is 0. The van der Waals surface area contributed by atoms with E-state index in [-0.39, 0.29) is 5.91 Å². The lowest BCUT2D eigenvalue weighted by Gasteiger charge is -2.20. The van der Waals surface area contributed by atoms with Crippen molar-refractivity contribution < 1.29 is 4.79 Å². The molecule has 0 atom stereocenters. The Balaban J connectivity index is 1.75. The highest BCUT2D eigenvalue weighted by molar-refractivity contribution is 5.94. The van der Waals surface area contributed by atoms with Crippen LogP contribution < -0.4 is 0 Å². The van der Waals surface area contributed by atoms with Gasteiger partial charge in [-0.05, 0) is 47.5 Å². The summed E-state index contributed by atoms with van der Waals surface area (Å²) in [6, 6.07) is 7.40. The number of amides is 1. The molecule has 1 aromatic heterocycles. The van der Waals surface area contributed by atoms with E-state index < -0.39 is 0 Å². The van der Waals surface area contributed by atoms with Gasteiger partial charge in [-0.1, -0.05) is 12.8 Å². The van der Waals surface area contributed by atoms with E-state index >= 15 is 0 Å². The molecule has 3 rings (SSSR count). The van der Waals surface area contributed by atoms with E-state index in [1.807, 2.05) is 29.2 Å². The molecule has 0 N–H and O–H groups in total. The van der Waals surface area contributed by atoms with Crippen molar-refractivity contribution in [3.63, 3.8) is 0 Å². The number of aromatic nitrogens is 4. The molecule has 0 spiro atoms. The summed E-state index contributed by atoms with van der Waals surface area (Å²) in [4.78, 5) is 14.4. The molecule has 0 aliphatic carbocycles. The Labute approximate surface area is 117 Å². The molecule has 1 aromatic carbocycles. The Kier molecular flexibility index (Phi) is 3.71. The second kappa shape index (κ2) is 5.81. The summed E-state index contributed by atoms with van der Waals surface area (Å²) in [6.45, 7) is 1.74. The Hall–Kier alpha value is -2.24. The van der Waals surface area contributed by atoms with Gasteiger partial charge in [0.1, 0.15) is 6.33 Å². The summed E-state index contributed by atoms with van der Waals surface area (Å²) in [5, 5.41) is 11.0. The second-order valence-corrected chi connectivity index (χ2v) is 5.01. The third-order valence-corrected chi connectivity index (χ3v) is 3.62. The van der Waals surface area contributed by atoms with Gasteiger partial charge < -0.3 is 4.90 Å². The zero-order valence-corrected chi connectivity index (χ0v) is 11.3. The van der Waals surface area contributed by atoms with Crippen LogP contribution in [0.25, 0.3) is 5.69 Å². The lowest BCUT2D eigenvalue weighted by Crippen LogP contribution is -2.31.